The first kappa shape index (κ1) is 9.48. The molecule has 1 atom stereocenters. The van der Waals surface area contributed by atoms with Gasteiger partial charge in [0.15, 0.2) is 0 Å². The highest BCUT2D eigenvalue weighted by molar-refractivity contribution is 5.85. The van der Waals surface area contributed by atoms with Crippen molar-refractivity contribution in [2.24, 2.45) is 0 Å². The van der Waals surface area contributed by atoms with Crippen LogP contribution in [0.5, 0.6) is 0 Å². The summed E-state index contributed by atoms with van der Waals surface area (Å²) in [6, 6.07) is 0.525. The molecule has 1 fully saturated rings. The van der Waals surface area contributed by atoms with Crippen LogP contribution in [0.25, 0.3) is 0 Å². The third kappa shape index (κ3) is 1.59. The molecule has 4 nitrogen and oxygen atoms in total. The van der Waals surface area contributed by atoms with Gasteiger partial charge in [-0.15, -0.1) is 17.5 Å². The zero-order chi connectivity index (χ0) is 7.68. The van der Waals surface area contributed by atoms with Crippen LogP contribution in [-0.4, -0.2) is 28.1 Å². The fourth-order valence-electron chi connectivity index (χ4n) is 1.50. The van der Waals surface area contributed by atoms with Gasteiger partial charge in [-0.3, -0.25) is 0 Å². The second-order valence-corrected chi connectivity index (χ2v) is 2.97. The molecule has 1 aliphatic rings. The molecule has 1 saturated heterocycles. The Morgan fingerprint density at radius 1 is 1.67 bits per heavy atom. The van der Waals surface area contributed by atoms with Crippen molar-refractivity contribution in [1.29, 1.82) is 0 Å². The SMILES string of the molecule is Cc1cnnn1C1CCNC1.Cl. The molecule has 0 amide bonds. The number of hydrogen-bond donors (Lipinski definition) is 1. The molecule has 1 aromatic rings. The van der Waals surface area contributed by atoms with E-state index in [9.17, 15) is 0 Å². The smallest absolute Gasteiger partial charge is 0.0722 e. The molecule has 0 radical (unpaired) electrons. The van der Waals surface area contributed by atoms with Gasteiger partial charge >= 0.3 is 0 Å². The van der Waals surface area contributed by atoms with Crippen molar-refractivity contribution in [3.63, 3.8) is 0 Å². The van der Waals surface area contributed by atoms with Crippen LogP contribution >= 0.6 is 12.4 Å². The highest BCUT2D eigenvalue weighted by atomic mass is 35.5. The molecule has 1 aromatic heterocycles. The van der Waals surface area contributed by atoms with Gasteiger partial charge in [-0.1, -0.05) is 5.21 Å². The first-order valence-corrected chi connectivity index (χ1v) is 3.95. The molecule has 2 rings (SSSR count). The van der Waals surface area contributed by atoms with Gasteiger partial charge in [0.1, 0.15) is 0 Å². The van der Waals surface area contributed by atoms with Crippen molar-refractivity contribution in [1.82, 2.24) is 20.3 Å². The summed E-state index contributed by atoms with van der Waals surface area (Å²) >= 11 is 0. The summed E-state index contributed by atoms with van der Waals surface area (Å²) in [5, 5.41) is 11.2. The summed E-state index contributed by atoms with van der Waals surface area (Å²) in [7, 11) is 0. The average Bonchev–Trinajstić information content (AvgIpc) is 2.55. The summed E-state index contributed by atoms with van der Waals surface area (Å²) in [5.74, 6) is 0. The Balaban J connectivity index is 0.000000720. The van der Waals surface area contributed by atoms with E-state index >= 15 is 0 Å². The van der Waals surface area contributed by atoms with Crippen LogP contribution in [0.2, 0.25) is 0 Å². The van der Waals surface area contributed by atoms with Gasteiger partial charge in [-0.2, -0.15) is 0 Å². The molecule has 2 heterocycles. The Labute approximate surface area is 77.7 Å². The van der Waals surface area contributed by atoms with Crippen LogP contribution < -0.4 is 5.32 Å². The largest absolute Gasteiger partial charge is 0.315 e. The van der Waals surface area contributed by atoms with Crippen LogP contribution in [0.1, 0.15) is 18.2 Å². The Hall–Kier alpha value is -0.610. The fraction of sp³-hybridized carbons (Fsp3) is 0.714. The molecule has 68 valence electrons. The number of halogens is 1. The minimum absolute atomic E-state index is 0. The van der Waals surface area contributed by atoms with Crippen LogP contribution in [-0.2, 0) is 0 Å². The zero-order valence-electron chi connectivity index (χ0n) is 7.03. The Morgan fingerprint density at radius 2 is 2.50 bits per heavy atom. The number of hydrogen-bond acceptors (Lipinski definition) is 3. The average molecular weight is 189 g/mol. The predicted molar refractivity (Wildman–Crippen MR) is 48.5 cm³/mol. The predicted octanol–water partition coefficient (Wildman–Crippen LogP) is 0.543. The first-order chi connectivity index (χ1) is 5.38. The molecule has 0 saturated carbocycles. The molecule has 0 bridgehead atoms. The molecule has 1 unspecified atom stereocenters. The minimum Gasteiger partial charge on any atom is -0.315 e. The third-order valence-electron chi connectivity index (χ3n) is 2.13. The maximum absolute atomic E-state index is 4.02. The highest BCUT2D eigenvalue weighted by Gasteiger charge is 2.17. The van der Waals surface area contributed by atoms with Gasteiger partial charge in [-0.05, 0) is 19.9 Å². The van der Waals surface area contributed by atoms with Gasteiger partial charge in [0.25, 0.3) is 0 Å². The van der Waals surface area contributed by atoms with Crippen molar-refractivity contribution in [3.8, 4) is 0 Å². The number of aryl methyl sites for hydroxylation is 1. The van der Waals surface area contributed by atoms with Crippen molar-refractivity contribution < 1.29 is 0 Å². The van der Waals surface area contributed by atoms with Crippen LogP contribution in [0.15, 0.2) is 6.20 Å². The molecule has 5 heteroatoms. The van der Waals surface area contributed by atoms with Gasteiger partial charge in [0.05, 0.1) is 17.9 Å². The van der Waals surface area contributed by atoms with Gasteiger partial charge < -0.3 is 5.32 Å². The minimum atomic E-state index is 0. The number of aromatic nitrogens is 3. The summed E-state index contributed by atoms with van der Waals surface area (Å²) in [6.45, 7) is 4.17. The highest BCUT2D eigenvalue weighted by Crippen LogP contribution is 2.14. The lowest BCUT2D eigenvalue weighted by Crippen LogP contribution is -2.15. The number of nitrogens with zero attached hydrogens (tertiary/aromatic N) is 3. The van der Waals surface area contributed by atoms with Crippen LogP contribution in [0.4, 0.5) is 0 Å². The van der Waals surface area contributed by atoms with Crippen molar-refractivity contribution in [3.05, 3.63) is 11.9 Å². The van der Waals surface area contributed by atoms with E-state index in [0.29, 0.717) is 6.04 Å². The van der Waals surface area contributed by atoms with E-state index in [0.717, 1.165) is 18.8 Å². The van der Waals surface area contributed by atoms with Gasteiger partial charge in [0, 0.05) is 6.54 Å². The second kappa shape index (κ2) is 3.87. The third-order valence-corrected chi connectivity index (χ3v) is 2.13. The summed E-state index contributed by atoms with van der Waals surface area (Å²) in [6.07, 6.45) is 2.97. The lowest BCUT2D eigenvalue weighted by Gasteiger charge is -2.08. The molecule has 12 heavy (non-hydrogen) atoms. The van der Waals surface area contributed by atoms with E-state index in [1.54, 1.807) is 6.20 Å². The lowest BCUT2D eigenvalue weighted by atomic mass is 10.2. The zero-order valence-corrected chi connectivity index (χ0v) is 7.84. The normalized spacial score (nSPS) is 22.2. The number of rotatable bonds is 1. The quantitative estimate of drug-likeness (QED) is 0.700. The monoisotopic (exact) mass is 188 g/mol. The van der Waals surface area contributed by atoms with E-state index in [1.165, 1.54) is 6.42 Å². The molecular formula is C7H13ClN4. The number of nitrogens with one attached hydrogen (secondary N) is 1. The van der Waals surface area contributed by atoms with Crippen LogP contribution in [0, 0.1) is 6.92 Å². The molecular weight excluding hydrogens is 176 g/mol. The molecule has 1 N–H and O–H groups in total. The topological polar surface area (TPSA) is 42.7 Å². The van der Waals surface area contributed by atoms with E-state index in [4.69, 9.17) is 0 Å². The standard InChI is InChI=1S/C7H12N4.ClH/c1-6-4-9-10-11(6)7-2-3-8-5-7;/h4,7-8H,2-3,5H2,1H3;1H. The second-order valence-electron chi connectivity index (χ2n) is 2.97. The van der Waals surface area contributed by atoms with E-state index in [1.807, 2.05) is 11.6 Å². The summed E-state index contributed by atoms with van der Waals surface area (Å²) in [5.41, 5.74) is 1.15. The first-order valence-electron chi connectivity index (χ1n) is 3.95. The van der Waals surface area contributed by atoms with Crippen molar-refractivity contribution in [2.45, 2.75) is 19.4 Å². The maximum atomic E-state index is 4.02. The molecule has 0 aromatic carbocycles. The van der Waals surface area contributed by atoms with E-state index in [2.05, 4.69) is 15.6 Å². The van der Waals surface area contributed by atoms with Crippen LogP contribution in [0.3, 0.4) is 0 Å². The Kier molecular flexibility index (Phi) is 3.05. The summed E-state index contributed by atoms with van der Waals surface area (Å²) in [4.78, 5) is 0. The fourth-order valence-corrected chi connectivity index (χ4v) is 1.50. The molecule has 0 spiro atoms. The van der Waals surface area contributed by atoms with Crippen molar-refractivity contribution in [2.75, 3.05) is 13.1 Å². The maximum Gasteiger partial charge on any atom is 0.0722 e. The Morgan fingerprint density at radius 3 is 3.00 bits per heavy atom. The van der Waals surface area contributed by atoms with E-state index < -0.39 is 0 Å². The lowest BCUT2D eigenvalue weighted by molar-refractivity contribution is 0.466. The van der Waals surface area contributed by atoms with Gasteiger partial charge in [-0.25, -0.2) is 4.68 Å². The summed E-state index contributed by atoms with van der Waals surface area (Å²) < 4.78 is 2.00. The molecule has 0 aliphatic carbocycles. The van der Waals surface area contributed by atoms with E-state index in [-0.39, 0.29) is 12.4 Å². The Bertz CT molecular complexity index is 241. The van der Waals surface area contributed by atoms with Crippen molar-refractivity contribution >= 4 is 12.4 Å². The molecule has 1 aliphatic heterocycles. The van der Waals surface area contributed by atoms with Gasteiger partial charge in [0.2, 0.25) is 0 Å².